The van der Waals surface area contributed by atoms with Gasteiger partial charge in [-0.2, -0.15) is 0 Å². The molecular formula is C33H29ClN2O6. The molecule has 2 heterocycles. The van der Waals surface area contributed by atoms with E-state index in [1.54, 1.807) is 31.2 Å². The van der Waals surface area contributed by atoms with Crippen LogP contribution in [0.15, 0.2) is 76.9 Å². The minimum atomic E-state index is -0.747. The van der Waals surface area contributed by atoms with Gasteiger partial charge in [-0.25, -0.2) is 0 Å². The van der Waals surface area contributed by atoms with Gasteiger partial charge in [-0.1, -0.05) is 23.3 Å². The summed E-state index contributed by atoms with van der Waals surface area (Å²) in [7, 11) is 0. The van der Waals surface area contributed by atoms with Crippen LogP contribution in [0.5, 0.6) is 5.75 Å². The van der Waals surface area contributed by atoms with Crippen LogP contribution >= 0.6 is 11.6 Å². The van der Waals surface area contributed by atoms with E-state index in [1.165, 1.54) is 17.0 Å². The summed E-state index contributed by atoms with van der Waals surface area (Å²) >= 11 is 6.33. The van der Waals surface area contributed by atoms with Crippen molar-refractivity contribution in [1.29, 1.82) is 0 Å². The van der Waals surface area contributed by atoms with Crippen LogP contribution in [0.2, 0.25) is 5.02 Å². The van der Waals surface area contributed by atoms with Gasteiger partial charge in [0.2, 0.25) is 11.8 Å². The van der Waals surface area contributed by atoms with Crippen molar-refractivity contribution in [3.05, 3.63) is 87.5 Å². The number of amides is 2. The number of carbonyl (C=O) groups excluding carboxylic acids is 4. The molecule has 2 aromatic rings. The zero-order chi connectivity index (χ0) is 29.3. The number of fused-ring (bicyclic) bond motifs is 3. The second-order valence-electron chi connectivity index (χ2n) is 11.6. The van der Waals surface area contributed by atoms with Gasteiger partial charge in [0, 0.05) is 52.0 Å². The van der Waals surface area contributed by atoms with Gasteiger partial charge in [0.1, 0.15) is 5.75 Å². The van der Waals surface area contributed by atoms with Crippen molar-refractivity contribution < 1.29 is 29.0 Å². The molecule has 2 saturated heterocycles. The van der Waals surface area contributed by atoms with Crippen molar-refractivity contribution in [2.45, 2.75) is 25.7 Å². The molecule has 4 atom stereocenters. The lowest BCUT2D eigenvalue weighted by atomic mass is 9.59. The van der Waals surface area contributed by atoms with Crippen molar-refractivity contribution in [2.24, 2.45) is 17.8 Å². The molecule has 2 aromatic carbocycles. The smallest absolute Gasteiger partial charge is 0.238 e. The van der Waals surface area contributed by atoms with E-state index in [0.717, 1.165) is 24.4 Å². The molecule has 3 aliphatic carbocycles. The maximum atomic E-state index is 14.1. The van der Waals surface area contributed by atoms with Gasteiger partial charge < -0.3 is 14.7 Å². The molecule has 2 amide bonds. The Morgan fingerprint density at radius 2 is 1.64 bits per heavy atom. The number of halogens is 1. The molecule has 7 rings (SSSR count). The van der Waals surface area contributed by atoms with Crippen molar-refractivity contribution >= 4 is 46.4 Å². The molecule has 0 saturated carbocycles. The lowest BCUT2D eigenvalue weighted by Crippen LogP contribution is -2.39. The molecule has 0 aromatic heterocycles. The number of imide groups is 1. The zero-order valence-electron chi connectivity index (χ0n) is 23.0. The molecule has 42 heavy (non-hydrogen) atoms. The molecule has 0 radical (unpaired) electrons. The van der Waals surface area contributed by atoms with Gasteiger partial charge in [-0.15, -0.1) is 0 Å². The number of rotatable bonds is 3. The Labute approximate surface area is 247 Å². The number of carbonyl (C=O) groups is 4. The summed E-state index contributed by atoms with van der Waals surface area (Å²) in [6.07, 6.45) is 3.77. The summed E-state index contributed by atoms with van der Waals surface area (Å²) < 4.78 is 5.44. The summed E-state index contributed by atoms with van der Waals surface area (Å²) in [5.41, 5.74) is 3.69. The third-order valence-electron chi connectivity index (χ3n) is 9.35. The molecule has 5 aliphatic rings. The summed E-state index contributed by atoms with van der Waals surface area (Å²) in [5.74, 6) is -3.65. The lowest BCUT2D eigenvalue weighted by molar-refractivity contribution is -0.123. The molecule has 2 fully saturated rings. The molecule has 9 heteroatoms. The van der Waals surface area contributed by atoms with Crippen molar-refractivity contribution in [3.8, 4) is 5.75 Å². The van der Waals surface area contributed by atoms with Crippen LogP contribution in [0.3, 0.4) is 0 Å². The molecule has 0 bridgehead atoms. The van der Waals surface area contributed by atoms with Crippen LogP contribution in [0.4, 0.5) is 11.4 Å². The van der Waals surface area contributed by atoms with Crippen molar-refractivity contribution in [3.63, 3.8) is 0 Å². The van der Waals surface area contributed by atoms with Gasteiger partial charge in [0.25, 0.3) is 0 Å². The average molecular weight is 585 g/mol. The number of hydrogen-bond acceptors (Lipinski definition) is 7. The van der Waals surface area contributed by atoms with E-state index in [9.17, 15) is 24.3 Å². The summed E-state index contributed by atoms with van der Waals surface area (Å²) in [4.78, 5) is 58.2. The Balaban J connectivity index is 1.28. The number of hydrogen-bond donors (Lipinski definition) is 1. The predicted octanol–water partition coefficient (Wildman–Crippen LogP) is 4.52. The molecule has 8 nitrogen and oxygen atoms in total. The van der Waals surface area contributed by atoms with E-state index in [4.69, 9.17) is 16.3 Å². The summed E-state index contributed by atoms with van der Waals surface area (Å²) in [6, 6.07) is 12.1. The third kappa shape index (κ3) is 4.07. The molecule has 1 N–H and O–H groups in total. The number of benzene rings is 2. The van der Waals surface area contributed by atoms with E-state index in [2.05, 4.69) is 4.90 Å². The quantitative estimate of drug-likeness (QED) is 0.321. The van der Waals surface area contributed by atoms with E-state index < -0.39 is 23.7 Å². The highest BCUT2D eigenvalue weighted by atomic mass is 35.5. The Bertz CT molecular complexity index is 1650. The van der Waals surface area contributed by atoms with Gasteiger partial charge in [-0.3, -0.25) is 24.1 Å². The Hall–Kier alpha value is -4.01. The largest absolute Gasteiger partial charge is 0.508 e. The third-order valence-corrected chi connectivity index (χ3v) is 9.58. The lowest BCUT2D eigenvalue weighted by Gasteiger charge is -2.42. The Morgan fingerprint density at radius 3 is 2.38 bits per heavy atom. The number of aromatic hydroxyl groups is 1. The van der Waals surface area contributed by atoms with Crippen LogP contribution < -0.4 is 9.80 Å². The molecular weight excluding hydrogens is 556 g/mol. The fourth-order valence-corrected chi connectivity index (χ4v) is 7.54. The number of ketones is 2. The second kappa shape index (κ2) is 10.1. The van der Waals surface area contributed by atoms with Crippen molar-refractivity contribution in [1.82, 2.24) is 0 Å². The number of anilines is 2. The number of Topliss-reactive ketones (excluding diaryl/α,β-unsaturated/α-hetero) is 1. The van der Waals surface area contributed by atoms with Crippen LogP contribution in [0.1, 0.15) is 31.2 Å². The fourth-order valence-electron chi connectivity index (χ4n) is 7.36. The molecule has 2 aliphatic heterocycles. The van der Waals surface area contributed by atoms with Crippen molar-refractivity contribution in [2.75, 3.05) is 36.1 Å². The van der Waals surface area contributed by atoms with E-state index in [0.29, 0.717) is 52.6 Å². The first-order valence-electron chi connectivity index (χ1n) is 14.2. The highest BCUT2D eigenvalue weighted by Crippen LogP contribution is 2.56. The zero-order valence-corrected chi connectivity index (χ0v) is 23.8. The Kier molecular flexibility index (Phi) is 6.44. The monoisotopic (exact) mass is 584 g/mol. The van der Waals surface area contributed by atoms with Crippen LogP contribution in [-0.2, 0) is 23.9 Å². The first kappa shape index (κ1) is 26.9. The van der Waals surface area contributed by atoms with E-state index in [1.807, 2.05) is 18.2 Å². The number of phenols is 1. The first-order valence-corrected chi connectivity index (χ1v) is 14.6. The highest BCUT2D eigenvalue weighted by Gasteiger charge is 2.56. The topological polar surface area (TPSA) is 104 Å². The van der Waals surface area contributed by atoms with E-state index >= 15 is 0 Å². The van der Waals surface area contributed by atoms with Gasteiger partial charge in [-0.05, 0) is 74.2 Å². The van der Waals surface area contributed by atoms with Crippen LogP contribution in [-0.4, -0.2) is 54.8 Å². The minimum absolute atomic E-state index is 0.0526. The normalized spacial score (nSPS) is 27.5. The number of phenolic OH excluding ortho intramolecular Hbond substituents is 1. The maximum absolute atomic E-state index is 14.1. The number of allylic oxidation sites excluding steroid dienone is 6. The summed E-state index contributed by atoms with van der Waals surface area (Å²) in [5, 5.41) is 11.3. The maximum Gasteiger partial charge on any atom is 0.238 e. The number of ether oxygens (including phenoxy) is 1. The average Bonchev–Trinajstić information content (AvgIpc) is 3.26. The first-order chi connectivity index (χ1) is 20.2. The predicted molar refractivity (Wildman–Crippen MR) is 156 cm³/mol. The Morgan fingerprint density at radius 1 is 0.929 bits per heavy atom. The van der Waals surface area contributed by atoms with Gasteiger partial charge in [0.15, 0.2) is 11.6 Å². The van der Waals surface area contributed by atoms with Crippen LogP contribution in [0, 0.1) is 17.8 Å². The standard InChI is InChI=1S/C33H29ClN2O6/c1-17-14-27(38)25-16-23-21(28(30(25)31(17)39)24-15-18(34)2-9-26(24)37)7-8-22-29(23)33(41)36(32(22)40)20-5-3-19(4-6-20)35-10-12-42-13-11-35/h2-7,9,14-15,22-23,28-29,37H,8,10-13,16H2,1H3. The SMILES string of the molecule is CC1=CC(=O)C2=C(C1=O)C(c1cc(Cl)ccc1O)C1=CCC3C(=O)N(c4ccc(N5CCOCC5)cc4)C(=O)C3C1C2. The van der Waals surface area contributed by atoms with Crippen LogP contribution in [0.25, 0.3) is 0 Å². The molecule has 4 unspecified atom stereocenters. The van der Waals surface area contributed by atoms with Gasteiger partial charge in [0.05, 0.1) is 30.7 Å². The number of morpholine rings is 1. The molecule has 0 spiro atoms. The van der Waals surface area contributed by atoms with Gasteiger partial charge >= 0.3 is 0 Å². The number of nitrogens with zero attached hydrogens (tertiary/aromatic N) is 2. The second-order valence-corrected chi connectivity index (χ2v) is 12.0. The summed E-state index contributed by atoms with van der Waals surface area (Å²) in [6.45, 7) is 4.47. The minimum Gasteiger partial charge on any atom is -0.508 e. The molecule has 214 valence electrons. The highest BCUT2D eigenvalue weighted by molar-refractivity contribution is 6.30. The van der Waals surface area contributed by atoms with E-state index in [-0.39, 0.29) is 35.6 Å². The fraction of sp³-hybridized carbons (Fsp3) is 0.333.